The fourth-order valence-electron chi connectivity index (χ4n) is 1.78. The molecule has 2 aromatic carbocycles. The number of hydrogen-bond donors (Lipinski definition) is 1. The first-order valence-corrected chi connectivity index (χ1v) is 8.12. The van der Waals surface area contributed by atoms with E-state index in [0.717, 1.165) is 12.1 Å². The lowest BCUT2D eigenvalue weighted by molar-refractivity contribution is 0.322. The normalized spacial score (nSPS) is 11.3. The van der Waals surface area contributed by atoms with E-state index < -0.39 is 26.6 Å². The average Bonchev–Trinajstić information content (AvgIpc) is 2.54. The second-order valence-corrected chi connectivity index (χ2v) is 6.23. The van der Waals surface area contributed by atoms with Crippen LogP contribution in [-0.4, -0.2) is 28.7 Å². The first-order valence-electron chi connectivity index (χ1n) is 6.64. The Bertz CT molecular complexity index is 764. The molecule has 1 N–H and O–H groups in total. The molecule has 0 saturated carbocycles. The van der Waals surface area contributed by atoms with Crippen molar-refractivity contribution in [1.29, 1.82) is 0 Å². The Balaban J connectivity index is 1.90. The van der Waals surface area contributed by atoms with Crippen molar-refractivity contribution in [3.8, 4) is 11.5 Å². The van der Waals surface area contributed by atoms with Gasteiger partial charge in [-0.15, -0.1) is 0 Å². The topological polar surface area (TPSA) is 64.6 Å². The van der Waals surface area contributed by atoms with Crippen LogP contribution in [0, 0.1) is 11.6 Å². The molecule has 8 heteroatoms. The lowest BCUT2D eigenvalue weighted by Gasteiger charge is -2.09. The van der Waals surface area contributed by atoms with Crippen molar-refractivity contribution in [1.82, 2.24) is 4.72 Å². The Morgan fingerprint density at radius 2 is 1.70 bits per heavy atom. The van der Waals surface area contributed by atoms with Gasteiger partial charge in [0.25, 0.3) is 0 Å². The third-order valence-electron chi connectivity index (χ3n) is 2.91. The van der Waals surface area contributed by atoms with Crippen molar-refractivity contribution in [2.24, 2.45) is 0 Å². The average molecular weight is 343 g/mol. The fraction of sp³-hybridized carbons (Fsp3) is 0.200. The highest BCUT2D eigenvalue weighted by Gasteiger charge is 2.19. The van der Waals surface area contributed by atoms with Gasteiger partial charge in [-0.1, -0.05) is 0 Å². The Morgan fingerprint density at radius 3 is 2.35 bits per heavy atom. The standard InChI is InChI=1S/C15H15F2NO4S/c1-21-12-3-5-13(6-4-12)22-9-8-18-23(19,20)15-10-11(16)2-7-14(15)17/h2-7,10,18H,8-9H2,1H3. The largest absolute Gasteiger partial charge is 0.497 e. The van der Waals surface area contributed by atoms with E-state index in [1.807, 2.05) is 0 Å². The van der Waals surface area contributed by atoms with Crippen molar-refractivity contribution < 1.29 is 26.7 Å². The third-order valence-corrected chi connectivity index (χ3v) is 4.38. The molecule has 0 spiro atoms. The minimum atomic E-state index is -4.14. The highest BCUT2D eigenvalue weighted by Crippen LogP contribution is 2.17. The lowest BCUT2D eigenvalue weighted by atomic mass is 10.3. The molecule has 0 amide bonds. The van der Waals surface area contributed by atoms with E-state index in [1.54, 1.807) is 24.3 Å². The molecule has 23 heavy (non-hydrogen) atoms. The predicted molar refractivity (Wildman–Crippen MR) is 80.0 cm³/mol. The maximum atomic E-state index is 13.5. The molecule has 2 rings (SSSR count). The molecular formula is C15H15F2NO4S. The molecule has 0 aliphatic heterocycles. The lowest BCUT2D eigenvalue weighted by Crippen LogP contribution is -2.29. The molecule has 0 atom stereocenters. The van der Waals surface area contributed by atoms with E-state index in [9.17, 15) is 17.2 Å². The summed E-state index contributed by atoms with van der Waals surface area (Å²) in [5.74, 6) is -0.655. The molecule has 0 saturated heterocycles. The zero-order chi connectivity index (χ0) is 16.9. The summed E-state index contributed by atoms with van der Waals surface area (Å²) in [5, 5.41) is 0. The Hall–Kier alpha value is -2.19. The van der Waals surface area contributed by atoms with Gasteiger partial charge in [-0.25, -0.2) is 21.9 Å². The van der Waals surface area contributed by atoms with Crippen molar-refractivity contribution in [3.05, 3.63) is 54.1 Å². The van der Waals surface area contributed by atoms with Gasteiger partial charge in [0.05, 0.1) is 7.11 Å². The van der Waals surface area contributed by atoms with Crippen molar-refractivity contribution >= 4 is 10.0 Å². The second kappa shape index (κ2) is 7.38. The maximum absolute atomic E-state index is 13.5. The van der Waals surface area contributed by atoms with Crippen LogP contribution in [0.25, 0.3) is 0 Å². The minimum absolute atomic E-state index is 0.0303. The Labute approximate surface area is 132 Å². The number of sulfonamides is 1. The van der Waals surface area contributed by atoms with Crippen LogP contribution in [0.1, 0.15) is 0 Å². The first kappa shape index (κ1) is 17.2. The maximum Gasteiger partial charge on any atom is 0.243 e. The van der Waals surface area contributed by atoms with Crippen LogP contribution in [-0.2, 0) is 10.0 Å². The van der Waals surface area contributed by atoms with Gasteiger partial charge in [0, 0.05) is 6.54 Å². The van der Waals surface area contributed by atoms with Gasteiger partial charge in [-0.2, -0.15) is 0 Å². The highest BCUT2D eigenvalue weighted by molar-refractivity contribution is 7.89. The molecule has 0 bridgehead atoms. The van der Waals surface area contributed by atoms with Gasteiger partial charge in [-0.3, -0.25) is 0 Å². The van der Waals surface area contributed by atoms with Crippen LogP contribution in [0.5, 0.6) is 11.5 Å². The number of nitrogens with one attached hydrogen (secondary N) is 1. The molecule has 5 nitrogen and oxygen atoms in total. The molecule has 0 aliphatic rings. The molecule has 124 valence electrons. The van der Waals surface area contributed by atoms with Crippen LogP contribution in [0.4, 0.5) is 8.78 Å². The molecule has 0 aliphatic carbocycles. The SMILES string of the molecule is COc1ccc(OCCNS(=O)(=O)c2cc(F)ccc2F)cc1. The smallest absolute Gasteiger partial charge is 0.243 e. The Morgan fingerprint density at radius 1 is 1.04 bits per heavy atom. The van der Waals surface area contributed by atoms with Crippen molar-refractivity contribution in [3.63, 3.8) is 0 Å². The number of rotatable bonds is 7. The summed E-state index contributed by atoms with van der Waals surface area (Å²) in [6.45, 7) is -0.0627. The Kier molecular flexibility index (Phi) is 5.51. The van der Waals surface area contributed by atoms with Gasteiger partial charge in [0.15, 0.2) is 0 Å². The van der Waals surface area contributed by atoms with E-state index in [-0.39, 0.29) is 13.2 Å². The van der Waals surface area contributed by atoms with E-state index in [1.165, 1.54) is 7.11 Å². The summed E-state index contributed by atoms with van der Waals surface area (Å²) >= 11 is 0. The predicted octanol–water partition coefficient (Wildman–Crippen LogP) is 2.33. The van der Waals surface area contributed by atoms with E-state index in [2.05, 4.69) is 4.72 Å². The molecular weight excluding hydrogens is 328 g/mol. The van der Waals surface area contributed by atoms with Gasteiger partial charge < -0.3 is 9.47 Å². The molecule has 0 heterocycles. The number of halogens is 2. The summed E-state index contributed by atoms with van der Waals surface area (Å²) < 4.78 is 62.8. The summed E-state index contributed by atoms with van der Waals surface area (Å²) in [7, 11) is -2.61. The second-order valence-electron chi connectivity index (χ2n) is 4.50. The van der Waals surface area contributed by atoms with Gasteiger partial charge in [0.2, 0.25) is 10.0 Å². The van der Waals surface area contributed by atoms with Crippen molar-refractivity contribution in [2.45, 2.75) is 4.90 Å². The van der Waals surface area contributed by atoms with Crippen LogP contribution in [0.2, 0.25) is 0 Å². The molecule has 0 unspecified atom stereocenters. The summed E-state index contributed by atoms with van der Waals surface area (Å²) in [5.41, 5.74) is 0. The summed E-state index contributed by atoms with van der Waals surface area (Å²) in [6.07, 6.45) is 0. The zero-order valence-corrected chi connectivity index (χ0v) is 13.1. The minimum Gasteiger partial charge on any atom is -0.497 e. The van der Waals surface area contributed by atoms with Crippen LogP contribution in [0.3, 0.4) is 0 Å². The monoisotopic (exact) mass is 343 g/mol. The zero-order valence-electron chi connectivity index (χ0n) is 12.3. The first-order chi connectivity index (χ1) is 10.9. The van der Waals surface area contributed by atoms with Gasteiger partial charge in [-0.05, 0) is 42.5 Å². The number of hydrogen-bond acceptors (Lipinski definition) is 4. The summed E-state index contributed by atoms with van der Waals surface area (Å²) in [4.78, 5) is -0.734. The number of benzene rings is 2. The van der Waals surface area contributed by atoms with E-state index >= 15 is 0 Å². The molecule has 0 fully saturated rings. The van der Waals surface area contributed by atoms with Gasteiger partial charge in [0.1, 0.15) is 34.6 Å². The molecule has 0 radical (unpaired) electrons. The summed E-state index contributed by atoms with van der Waals surface area (Å²) in [6, 6.07) is 8.96. The van der Waals surface area contributed by atoms with Crippen LogP contribution < -0.4 is 14.2 Å². The fourth-order valence-corrected chi connectivity index (χ4v) is 2.88. The van der Waals surface area contributed by atoms with Crippen LogP contribution in [0.15, 0.2) is 47.4 Å². The van der Waals surface area contributed by atoms with E-state index in [4.69, 9.17) is 9.47 Å². The third kappa shape index (κ3) is 4.64. The van der Waals surface area contributed by atoms with Crippen molar-refractivity contribution in [2.75, 3.05) is 20.3 Å². The van der Waals surface area contributed by atoms with E-state index in [0.29, 0.717) is 17.6 Å². The molecule has 2 aromatic rings. The number of methoxy groups -OCH3 is 1. The highest BCUT2D eigenvalue weighted by atomic mass is 32.2. The van der Waals surface area contributed by atoms with Gasteiger partial charge >= 0.3 is 0 Å². The van der Waals surface area contributed by atoms with Crippen LogP contribution >= 0.6 is 0 Å². The molecule has 0 aromatic heterocycles. The number of ether oxygens (including phenoxy) is 2. The quantitative estimate of drug-likeness (QED) is 0.784.